The van der Waals surface area contributed by atoms with Crippen molar-refractivity contribution >= 4 is 43.4 Å². The third-order valence-electron chi connectivity index (χ3n) is 4.80. The summed E-state index contributed by atoms with van der Waals surface area (Å²) in [5.41, 5.74) is -0.641. The maximum absolute atomic E-state index is 15.2. The zero-order valence-corrected chi connectivity index (χ0v) is 18.7. The van der Waals surface area contributed by atoms with Crippen LogP contribution in [0.15, 0.2) is 48.6 Å². The minimum absolute atomic E-state index is 0.0517. The van der Waals surface area contributed by atoms with Gasteiger partial charge in [0.25, 0.3) is 0 Å². The highest BCUT2D eigenvalue weighted by Crippen LogP contribution is 2.47. The minimum Gasteiger partial charge on any atom is -0.462 e. The summed E-state index contributed by atoms with van der Waals surface area (Å²) in [6.07, 6.45) is -4.27. The lowest BCUT2D eigenvalue weighted by atomic mass is 10.0. The second kappa shape index (κ2) is 9.35. The first-order valence-electron chi connectivity index (χ1n) is 9.86. The topological polar surface area (TPSA) is 52.6 Å². The normalized spacial score (nSPS) is 11.6. The number of aryl methyl sites for hydroxylation is 1. The van der Waals surface area contributed by atoms with Gasteiger partial charge in [0, 0.05) is 21.9 Å². The van der Waals surface area contributed by atoms with E-state index in [9.17, 15) is 22.8 Å². The number of thiophene rings is 1. The van der Waals surface area contributed by atoms with Crippen LogP contribution < -0.4 is 4.74 Å². The summed E-state index contributed by atoms with van der Waals surface area (Å²) >= 11 is 0.648. The largest absolute Gasteiger partial charge is 0.462 e. The quantitative estimate of drug-likeness (QED) is 0.123. The Morgan fingerprint density at radius 3 is 2.18 bits per heavy atom. The van der Waals surface area contributed by atoms with Crippen molar-refractivity contribution < 1.29 is 36.6 Å². The molecule has 0 saturated carbocycles. The molecule has 1 heterocycles. The molecule has 4 nitrogen and oxygen atoms in total. The molecule has 0 unspecified atom stereocenters. The zero-order valence-electron chi connectivity index (χ0n) is 17.9. The summed E-state index contributed by atoms with van der Waals surface area (Å²) in [5, 5.41) is 0.534. The molecule has 174 valence electrons. The van der Waals surface area contributed by atoms with Crippen molar-refractivity contribution in [2.75, 3.05) is 6.61 Å². The fraction of sp³-hybridized carbons (Fsp3) is 0.250. The highest BCUT2D eigenvalue weighted by atomic mass is 32.1. The van der Waals surface area contributed by atoms with Gasteiger partial charge in [-0.05, 0) is 44.4 Å². The van der Waals surface area contributed by atoms with E-state index in [2.05, 4.69) is 13.2 Å². The van der Waals surface area contributed by atoms with E-state index in [1.54, 1.807) is 6.07 Å². The fourth-order valence-electron chi connectivity index (χ4n) is 3.18. The first-order valence-corrected chi connectivity index (χ1v) is 10.7. The van der Waals surface area contributed by atoms with Gasteiger partial charge in [0.05, 0.1) is 16.0 Å². The van der Waals surface area contributed by atoms with Crippen molar-refractivity contribution in [3.8, 4) is 5.75 Å². The highest BCUT2D eigenvalue weighted by molar-refractivity contribution is 7.26. The van der Waals surface area contributed by atoms with Gasteiger partial charge in [-0.3, -0.25) is 0 Å². The number of esters is 2. The van der Waals surface area contributed by atoms with Gasteiger partial charge in [-0.2, -0.15) is 13.2 Å². The fourth-order valence-corrected chi connectivity index (χ4v) is 4.50. The minimum atomic E-state index is -4.84. The first kappa shape index (κ1) is 24.4. The molecule has 0 radical (unpaired) electrons. The SMILES string of the molecule is C=C(C)C(=O)OCCCc1ccc2c(sc3c(C(F)(F)F)c(OC(=O)C(=C)C)ccc32)c1F. The van der Waals surface area contributed by atoms with E-state index >= 15 is 4.39 Å². The monoisotopic (exact) mass is 480 g/mol. The van der Waals surface area contributed by atoms with Gasteiger partial charge in [-0.25, -0.2) is 14.0 Å². The molecule has 1 aromatic heterocycles. The molecule has 0 fully saturated rings. The van der Waals surface area contributed by atoms with Gasteiger partial charge in [-0.15, -0.1) is 11.3 Å². The molecule has 0 aliphatic heterocycles. The molecule has 2 aromatic carbocycles. The van der Waals surface area contributed by atoms with Crippen molar-refractivity contribution in [2.45, 2.75) is 32.9 Å². The number of carbonyl (C=O) groups is 2. The summed E-state index contributed by atoms with van der Waals surface area (Å²) in [5.74, 6) is -2.82. The van der Waals surface area contributed by atoms with E-state index in [0.717, 1.165) is 6.07 Å². The molecular formula is C24H20F4O4S. The molecular weight excluding hydrogens is 460 g/mol. The highest BCUT2D eigenvalue weighted by Gasteiger charge is 2.38. The maximum atomic E-state index is 15.2. The van der Waals surface area contributed by atoms with Crippen molar-refractivity contribution in [2.24, 2.45) is 0 Å². The van der Waals surface area contributed by atoms with E-state index in [0.29, 0.717) is 28.7 Å². The average molecular weight is 480 g/mol. The summed E-state index contributed by atoms with van der Waals surface area (Å²) in [6, 6.07) is 5.50. The van der Waals surface area contributed by atoms with Gasteiger partial charge >= 0.3 is 18.1 Å². The predicted molar refractivity (Wildman–Crippen MR) is 119 cm³/mol. The van der Waals surface area contributed by atoms with Crippen LogP contribution >= 0.6 is 11.3 Å². The average Bonchev–Trinajstić information content (AvgIpc) is 3.10. The summed E-state index contributed by atoms with van der Waals surface area (Å²) < 4.78 is 66.7. The summed E-state index contributed by atoms with van der Waals surface area (Å²) in [4.78, 5) is 23.2. The summed E-state index contributed by atoms with van der Waals surface area (Å²) in [6.45, 7) is 9.74. The lowest BCUT2D eigenvalue weighted by Crippen LogP contribution is -2.14. The van der Waals surface area contributed by atoms with Crippen molar-refractivity contribution in [3.05, 3.63) is 65.5 Å². The van der Waals surface area contributed by atoms with Crippen LogP contribution in [0.25, 0.3) is 20.2 Å². The molecule has 0 spiro atoms. The molecule has 33 heavy (non-hydrogen) atoms. The van der Waals surface area contributed by atoms with Crippen LogP contribution in [-0.4, -0.2) is 18.5 Å². The lowest BCUT2D eigenvalue weighted by molar-refractivity contribution is -0.140. The maximum Gasteiger partial charge on any atom is 0.421 e. The number of rotatable bonds is 7. The Morgan fingerprint density at radius 1 is 0.970 bits per heavy atom. The number of carbonyl (C=O) groups excluding carboxylic acids is 2. The zero-order chi connectivity index (χ0) is 24.5. The van der Waals surface area contributed by atoms with Crippen LogP contribution in [0.1, 0.15) is 31.4 Å². The van der Waals surface area contributed by atoms with E-state index in [1.807, 2.05) is 0 Å². The third kappa shape index (κ3) is 5.08. The van der Waals surface area contributed by atoms with Gasteiger partial charge in [0.1, 0.15) is 17.1 Å². The van der Waals surface area contributed by atoms with Crippen LogP contribution in [0.5, 0.6) is 5.75 Å². The molecule has 0 aliphatic rings. The number of hydrogen-bond acceptors (Lipinski definition) is 5. The molecule has 3 rings (SSSR count). The molecule has 9 heteroatoms. The van der Waals surface area contributed by atoms with Gasteiger partial charge in [0.15, 0.2) is 0 Å². The van der Waals surface area contributed by atoms with Crippen LogP contribution in [0.2, 0.25) is 0 Å². The van der Waals surface area contributed by atoms with Crippen molar-refractivity contribution in [1.82, 2.24) is 0 Å². The Kier molecular flexibility index (Phi) is 6.92. The third-order valence-corrected chi connectivity index (χ3v) is 6.03. The van der Waals surface area contributed by atoms with Gasteiger partial charge < -0.3 is 9.47 Å². The van der Waals surface area contributed by atoms with Crippen LogP contribution in [0.3, 0.4) is 0 Å². The number of fused-ring (bicyclic) bond motifs is 3. The Balaban J connectivity index is 2.01. The number of alkyl halides is 3. The van der Waals surface area contributed by atoms with Crippen LogP contribution in [-0.2, 0) is 26.9 Å². The van der Waals surface area contributed by atoms with E-state index in [4.69, 9.17) is 9.47 Å². The van der Waals surface area contributed by atoms with Crippen molar-refractivity contribution in [1.29, 1.82) is 0 Å². The predicted octanol–water partition coefficient (Wildman–Crippen LogP) is 6.75. The van der Waals surface area contributed by atoms with Crippen molar-refractivity contribution in [3.63, 3.8) is 0 Å². The second-order valence-electron chi connectivity index (χ2n) is 7.52. The van der Waals surface area contributed by atoms with E-state index in [-0.39, 0.29) is 39.0 Å². The van der Waals surface area contributed by atoms with Gasteiger partial charge in [-0.1, -0.05) is 25.3 Å². The molecule has 0 bridgehead atoms. The molecule has 3 aromatic rings. The Labute approximate surface area is 191 Å². The molecule has 0 atom stereocenters. The molecule has 0 N–H and O–H groups in total. The smallest absolute Gasteiger partial charge is 0.421 e. The Morgan fingerprint density at radius 2 is 1.58 bits per heavy atom. The number of ether oxygens (including phenoxy) is 2. The number of hydrogen-bond donors (Lipinski definition) is 0. The number of halogens is 4. The van der Waals surface area contributed by atoms with Crippen LogP contribution in [0, 0.1) is 5.82 Å². The number of benzene rings is 2. The van der Waals surface area contributed by atoms with Crippen LogP contribution in [0.4, 0.5) is 17.6 Å². The standard InChI is InChI=1S/C24H20F4O4S/c1-12(2)22(29)31-11-5-6-14-7-8-16-15-9-10-17(32-23(30)13(3)4)18(24(26,27)28)20(15)33-21(16)19(14)25/h7-10H,1,3,5-6,11H2,2,4H3. The second-order valence-corrected chi connectivity index (χ2v) is 8.54. The molecule has 0 saturated heterocycles. The molecule has 0 amide bonds. The molecule has 0 aliphatic carbocycles. The van der Waals surface area contributed by atoms with E-state index < -0.39 is 35.2 Å². The van der Waals surface area contributed by atoms with E-state index in [1.165, 1.54) is 26.0 Å². The van der Waals surface area contributed by atoms with Gasteiger partial charge in [0.2, 0.25) is 0 Å². The lowest BCUT2D eigenvalue weighted by Gasteiger charge is -2.13. The first-order chi connectivity index (χ1) is 15.4. The Bertz CT molecular complexity index is 1290. The Hall–Kier alpha value is -3.20. The summed E-state index contributed by atoms with van der Waals surface area (Å²) in [7, 11) is 0.